The van der Waals surface area contributed by atoms with Crippen molar-refractivity contribution in [1.29, 1.82) is 0 Å². The van der Waals surface area contributed by atoms with Crippen LogP contribution in [0.2, 0.25) is 10.0 Å². The second kappa shape index (κ2) is 10.2. The van der Waals surface area contributed by atoms with Gasteiger partial charge in [-0.3, -0.25) is 9.10 Å². The van der Waals surface area contributed by atoms with Crippen LogP contribution in [0.3, 0.4) is 0 Å². The quantitative estimate of drug-likeness (QED) is 0.595. The lowest BCUT2D eigenvalue weighted by molar-refractivity contribution is -0.119. The predicted octanol–water partition coefficient (Wildman–Crippen LogP) is 3.87. The Morgan fingerprint density at radius 2 is 1.73 bits per heavy atom. The van der Waals surface area contributed by atoms with Crippen molar-refractivity contribution in [3.05, 3.63) is 52.0 Å². The molecular formula is C20H24Cl2N2O5S. The number of hydrogen-bond acceptors (Lipinski definition) is 5. The molecule has 0 saturated heterocycles. The first kappa shape index (κ1) is 24.1. The molecular weight excluding hydrogens is 451 g/mol. The average molecular weight is 475 g/mol. The maximum atomic E-state index is 12.4. The van der Waals surface area contributed by atoms with Gasteiger partial charge in [0.2, 0.25) is 15.9 Å². The van der Waals surface area contributed by atoms with Gasteiger partial charge in [0.1, 0.15) is 6.54 Å². The number of carbonyl (C=O) groups is 1. The molecule has 0 radical (unpaired) electrons. The zero-order valence-corrected chi connectivity index (χ0v) is 19.4. The van der Waals surface area contributed by atoms with Crippen LogP contribution in [0.4, 0.5) is 5.69 Å². The molecule has 0 unspecified atom stereocenters. The maximum Gasteiger partial charge on any atom is 0.241 e. The van der Waals surface area contributed by atoms with Gasteiger partial charge in [-0.05, 0) is 49.7 Å². The lowest BCUT2D eigenvalue weighted by atomic mass is 10.2. The van der Waals surface area contributed by atoms with Gasteiger partial charge in [0.25, 0.3) is 0 Å². The SMILES string of the molecule is COc1cc(CNC(=O)CN(c2cc(Cl)cc(Cl)c2)S(C)(=O)=O)ccc1OC(C)C. The number of rotatable bonds is 9. The molecule has 10 heteroatoms. The Morgan fingerprint density at radius 1 is 1.10 bits per heavy atom. The van der Waals surface area contributed by atoms with Crippen molar-refractivity contribution in [3.8, 4) is 11.5 Å². The number of anilines is 1. The Hall–Kier alpha value is -2.16. The minimum atomic E-state index is -3.74. The van der Waals surface area contributed by atoms with Gasteiger partial charge in [0.15, 0.2) is 11.5 Å². The number of nitrogens with zero attached hydrogens (tertiary/aromatic N) is 1. The van der Waals surface area contributed by atoms with Crippen molar-refractivity contribution >= 4 is 44.8 Å². The van der Waals surface area contributed by atoms with E-state index in [2.05, 4.69) is 5.32 Å². The number of ether oxygens (including phenoxy) is 2. The number of carbonyl (C=O) groups excluding carboxylic acids is 1. The van der Waals surface area contributed by atoms with Crippen LogP contribution in [0, 0.1) is 0 Å². The number of amides is 1. The van der Waals surface area contributed by atoms with Gasteiger partial charge in [-0.15, -0.1) is 0 Å². The molecule has 7 nitrogen and oxygen atoms in total. The monoisotopic (exact) mass is 474 g/mol. The Labute approximate surface area is 186 Å². The molecule has 2 rings (SSSR count). The van der Waals surface area contributed by atoms with Gasteiger partial charge in [0, 0.05) is 16.6 Å². The second-order valence-corrected chi connectivity index (χ2v) is 9.61. The summed E-state index contributed by atoms with van der Waals surface area (Å²) < 4.78 is 36.4. The maximum absolute atomic E-state index is 12.4. The number of halogens is 2. The van der Waals surface area contributed by atoms with Gasteiger partial charge in [-0.1, -0.05) is 29.3 Å². The first-order chi connectivity index (χ1) is 14.0. The number of nitrogens with one attached hydrogen (secondary N) is 1. The standard InChI is InChI=1S/C20H24Cl2N2O5S/c1-13(2)29-18-6-5-14(7-19(18)28-3)11-23-20(25)12-24(30(4,26)27)17-9-15(21)8-16(22)10-17/h5-10,13H,11-12H2,1-4H3,(H,23,25). The second-order valence-electron chi connectivity index (χ2n) is 6.83. The fourth-order valence-corrected chi connectivity index (χ4v) is 4.00. The first-order valence-corrected chi connectivity index (χ1v) is 11.6. The molecule has 0 aromatic heterocycles. The number of hydrogen-bond donors (Lipinski definition) is 1. The van der Waals surface area contributed by atoms with E-state index in [1.54, 1.807) is 18.2 Å². The molecule has 2 aromatic rings. The highest BCUT2D eigenvalue weighted by Gasteiger charge is 2.21. The minimum absolute atomic E-state index is 0.00794. The molecule has 0 fully saturated rings. The molecule has 0 atom stereocenters. The predicted molar refractivity (Wildman–Crippen MR) is 119 cm³/mol. The highest BCUT2D eigenvalue weighted by Crippen LogP contribution is 2.29. The molecule has 0 saturated carbocycles. The fourth-order valence-electron chi connectivity index (χ4n) is 2.64. The fraction of sp³-hybridized carbons (Fsp3) is 0.350. The van der Waals surface area contributed by atoms with E-state index < -0.39 is 22.5 Å². The summed E-state index contributed by atoms with van der Waals surface area (Å²) >= 11 is 11.9. The molecule has 2 aromatic carbocycles. The summed E-state index contributed by atoms with van der Waals surface area (Å²) in [5, 5.41) is 3.24. The largest absolute Gasteiger partial charge is 0.493 e. The van der Waals surface area contributed by atoms with Crippen LogP contribution in [0.5, 0.6) is 11.5 Å². The summed E-state index contributed by atoms with van der Waals surface area (Å²) in [4.78, 5) is 12.4. The molecule has 1 N–H and O–H groups in total. The van der Waals surface area contributed by atoms with Crippen LogP contribution < -0.4 is 19.1 Å². The van der Waals surface area contributed by atoms with Gasteiger partial charge in [0.05, 0.1) is 25.2 Å². The van der Waals surface area contributed by atoms with Crippen molar-refractivity contribution in [2.24, 2.45) is 0 Å². The molecule has 164 valence electrons. The van der Waals surface area contributed by atoms with Gasteiger partial charge in [-0.2, -0.15) is 0 Å². The van der Waals surface area contributed by atoms with Crippen molar-refractivity contribution in [2.75, 3.05) is 24.2 Å². The highest BCUT2D eigenvalue weighted by atomic mass is 35.5. The van der Waals surface area contributed by atoms with Gasteiger partial charge in [-0.25, -0.2) is 8.42 Å². The Balaban J connectivity index is 2.11. The number of benzene rings is 2. The van der Waals surface area contributed by atoms with E-state index >= 15 is 0 Å². The van der Waals surface area contributed by atoms with Crippen molar-refractivity contribution in [3.63, 3.8) is 0 Å². The molecule has 0 aliphatic carbocycles. The summed E-state index contributed by atoms with van der Waals surface area (Å²) in [7, 11) is -2.21. The average Bonchev–Trinajstić information content (AvgIpc) is 2.63. The minimum Gasteiger partial charge on any atom is -0.493 e. The van der Waals surface area contributed by atoms with Crippen molar-refractivity contribution < 1.29 is 22.7 Å². The van der Waals surface area contributed by atoms with E-state index in [-0.39, 0.29) is 28.4 Å². The van der Waals surface area contributed by atoms with Gasteiger partial charge < -0.3 is 14.8 Å². The molecule has 0 spiro atoms. The highest BCUT2D eigenvalue weighted by molar-refractivity contribution is 7.92. The van der Waals surface area contributed by atoms with Gasteiger partial charge >= 0.3 is 0 Å². The van der Waals surface area contributed by atoms with E-state index in [1.807, 2.05) is 13.8 Å². The molecule has 30 heavy (non-hydrogen) atoms. The Morgan fingerprint density at radius 3 is 2.27 bits per heavy atom. The van der Waals surface area contributed by atoms with E-state index in [0.717, 1.165) is 16.1 Å². The van der Waals surface area contributed by atoms with E-state index in [4.69, 9.17) is 32.7 Å². The molecule has 0 bridgehead atoms. The van der Waals surface area contributed by atoms with Crippen LogP contribution in [-0.4, -0.2) is 40.3 Å². The summed E-state index contributed by atoms with van der Waals surface area (Å²) in [5.41, 5.74) is 0.981. The zero-order valence-electron chi connectivity index (χ0n) is 17.1. The Kier molecular flexibility index (Phi) is 8.23. The van der Waals surface area contributed by atoms with Crippen LogP contribution in [0.1, 0.15) is 19.4 Å². The van der Waals surface area contributed by atoms with E-state index in [0.29, 0.717) is 11.5 Å². The van der Waals surface area contributed by atoms with Crippen molar-refractivity contribution in [1.82, 2.24) is 5.32 Å². The summed E-state index contributed by atoms with van der Waals surface area (Å²) in [6, 6.07) is 9.65. The molecule has 0 aliphatic heterocycles. The lowest BCUT2D eigenvalue weighted by Crippen LogP contribution is -2.40. The smallest absolute Gasteiger partial charge is 0.241 e. The van der Waals surface area contributed by atoms with E-state index in [1.165, 1.54) is 25.3 Å². The third-order valence-electron chi connectivity index (χ3n) is 3.90. The number of methoxy groups -OCH3 is 1. The summed E-state index contributed by atoms with van der Waals surface area (Å²) in [5.74, 6) is 0.656. The third-order valence-corrected chi connectivity index (χ3v) is 5.48. The third kappa shape index (κ3) is 6.97. The first-order valence-electron chi connectivity index (χ1n) is 9.03. The molecule has 1 amide bonds. The number of sulfonamides is 1. The van der Waals surface area contributed by atoms with Crippen molar-refractivity contribution in [2.45, 2.75) is 26.5 Å². The van der Waals surface area contributed by atoms with Crippen LogP contribution in [-0.2, 0) is 21.4 Å². The topological polar surface area (TPSA) is 84.9 Å². The Bertz CT molecular complexity index is 992. The van der Waals surface area contributed by atoms with Crippen LogP contribution >= 0.6 is 23.2 Å². The lowest BCUT2D eigenvalue weighted by Gasteiger charge is -2.22. The molecule has 0 heterocycles. The van der Waals surface area contributed by atoms with E-state index in [9.17, 15) is 13.2 Å². The summed E-state index contributed by atoms with van der Waals surface area (Å²) in [6.45, 7) is 3.59. The van der Waals surface area contributed by atoms with Crippen LogP contribution in [0.15, 0.2) is 36.4 Å². The van der Waals surface area contributed by atoms with Crippen LogP contribution in [0.25, 0.3) is 0 Å². The normalized spacial score (nSPS) is 11.3. The summed E-state index contributed by atoms with van der Waals surface area (Å²) in [6.07, 6.45) is 0.999. The zero-order chi connectivity index (χ0) is 22.5. The molecule has 0 aliphatic rings.